The topological polar surface area (TPSA) is 78.9 Å². The predicted octanol–water partition coefficient (Wildman–Crippen LogP) is 2.54. The molecule has 5 nitrogen and oxygen atoms in total. The molecule has 0 atom stereocenters. The molecule has 0 aliphatic heterocycles. The molecule has 0 saturated carbocycles. The fourth-order valence-corrected chi connectivity index (χ4v) is 2.39. The highest BCUT2D eigenvalue weighted by molar-refractivity contribution is 7.09. The van der Waals surface area contributed by atoms with Gasteiger partial charge >= 0.3 is 0 Å². The molecule has 1 heterocycles. The maximum atomic E-state index is 7.47. The third kappa shape index (κ3) is 3.08. The van der Waals surface area contributed by atoms with E-state index in [-0.39, 0.29) is 5.84 Å². The van der Waals surface area contributed by atoms with E-state index in [4.69, 9.17) is 11.1 Å². The number of rotatable bonds is 5. The molecule has 1 aromatic carbocycles. The molecule has 2 rings (SSSR count). The molecule has 0 spiro atoms. The van der Waals surface area contributed by atoms with Crippen LogP contribution in [0.1, 0.15) is 24.7 Å². The molecule has 0 aliphatic carbocycles. The first-order chi connectivity index (χ1) is 9.11. The first-order valence-corrected chi connectivity index (χ1v) is 6.90. The van der Waals surface area contributed by atoms with Crippen molar-refractivity contribution in [3.05, 3.63) is 35.7 Å². The van der Waals surface area contributed by atoms with Gasteiger partial charge in [0.15, 0.2) is 0 Å². The van der Waals surface area contributed by atoms with E-state index in [0.717, 1.165) is 29.5 Å². The summed E-state index contributed by atoms with van der Waals surface area (Å²) in [5.74, 6) is 0.955. The molecule has 0 radical (unpaired) electrons. The van der Waals surface area contributed by atoms with Crippen molar-refractivity contribution in [2.24, 2.45) is 5.73 Å². The zero-order valence-corrected chi connectivity index (χ0v) is 11.9. The van der Waals surface area contributed by atoms with Crippen molar-refractivity contribution >= 4 is 28.2 Å². The van der Waals surface area contributed by atoms with E-state index in [9.17, 15) is 0 Å². The van der Waals surface area contributed by atoms with E-state index >= 15 is 0 Å². The van der Waals surface area contributed by atoms with Crippen LogP contribution in [0.25, 0.3) is 0 Å². The number of hydrogen-bond donors (Lipinski definition) is 2. The molecule has 3 N–H and O–H groups in total. The van der Waals surface area contributed by atoms with Gasteiger partial charge in [0.05, 0.1) is 0 Å². The highest BCUT2D eigenvalue weighted by atomic mass is 32.1. The van der Waals surface area contributed by atoms with Gasteiger partial charge in [-0.3, -0.25) is 5.41 Å². The van der Waals surface area contributed by atoms with Crippen molar-refractivity contribution in [3.63, 3.8) is 0 Å². The average molecular weight is 275 g/mol. The largest absolute Gasteiger partial charge is 0.384 e. The molecule has 6 heteroatoms. The van der Waals surface area contributed by atoms with Crippen molar-refractivity contribution in [1.82, 2.24) is 9.36 Å². The van der Waals surface area contributed by atoms with Crippen LogP contribution in [0.4, 0.5) is 10.8 Å². The van der Waals surface area contributed by atoms with Gasteiger partial charge in [-0.1, -0.05) is 19.1 Å². The zero-order valence-electron chi connectivity index (χ0n) is 11.1. The van der Waals surface area contributed by atoms with Crippen LogP contribution in [0.3, 0.4) is 0 Å². The van der Waals surface area contributed by atoms with Gasteiger partial charge in [-0.25, -0.2) is 4.98 Å². The second-order valence-electron chi connectivity index (χ2n) is 4.27. The maximum absolute atomic E-state index is 7.47. The summed E-state index contributed by atoms with van der Waals surface area (Å²) in [5.41, 5.74) is 7.17. The first kappa shape index (κ1) is 13.5. The van der Waals surface area contributed by atoms with E-state index in [1.165, 1.54) is 11.5 Å². The second-order valence-corrected chi connectivity index (χ2v) is 5.00. The van der Waals surface area contributed by atoms with Gasteiger partial charge < -0.3 is 10.6 Å². The Labute approximate surface area is 116 Å². The van der Waals surface area contributed by atoms with E-state index in [1.807, 2.05) is 36.2 Å². The Kier molecular flexibility index (Phi) is 4.11. The summed E-state index contributed by atoms with van der Waals surface area (Å²) in [7, 11) is 1.94. The lowest BCUT2D eigenvalue weighted by molar-refractivity contribution is 0.859. The summed E-state index contributed by atoms with van der Waals surface area (Å²) >= 11 is 1.39. The van der Waals surface area contributed by atoms with Crippen molar-refractivity contribution in [2.75, 3.05) is 11.9 Å². The summed E-state index contributed by atoms with van der Waals surface area (Å²) in [6.45, 7) is 2.11. The van der Waals surface area contributed by atoms with E-state index < -0.39 is 0 Å². The van der Waals surface area contributed by atoms with E-state index in [0.29, 0.717) is 5.56 Å². The first-order valence-electron chi connectivity index (χ1n) is 6.12. The Bertz CT molecular complexity index is 578. The number of amidine groups is 1. The lowest BCUT2D eigenvalue weighted by atomic mass is 10.2. The number of aryl methyl sites for hydroxylation is 1. The molecular weight excluding hydrogens is 258 g/mol. The SMILES string of the molecule is CCCc1nsc(N(C)c2cccc(C(=N)N)c2)n1. The lowest BCUT2D eigenvalue weighted by Crippen LogP contribution is -2.13. The standard InChI is InChI=1S/C13H17N5S/c1-3-5-11-16-13(19-17-11)18(2)10-7-4-6-9(8-10)12(14)15/h4,6-8H,3,5H2,1-2H3,(H3,14,15). The minimum absolute atomic E-state index is 0.0687. The Hall–Kier alpha value is -1.95. The number of benzene rings is 1. The molecule has 1 aromatic heterocycles. The zero-order chi connectivity index (χ0) is 13.8. The van der Waals surface area contributed by atoms with Crippen molar-refractivity contribution in [1.29, 1.82) is 5.41 Å². The lowest BCUT2D eigenvalue weighted by Gasteiger charge is -2.15. The normalized spacial score (nSPS) is 10.4. The molecule has 0 amide bonds. The van der Waals surface area contributed by atoms with Crippen LogP contribution in [0, 0.1) is 5.41 Å². The fourth-order valence-electron chi connectivity index (χ4n) is 1.70. The molecule has 0 unspecified atom stereocenters. The minimum atomic E-state index is 0.0687. The number of nitrogens with one attached hydrogen (secondary N) is 1. The molecule has 100 valence electrons. The van der Waals surface area contributed by atoms with E-state index in [2.05, 4.69) is 16.3 Å². The number of nitrogen functional groups attached to an aromatic ring is 1. The summed E-state index contributed by atoms with van der Waals surface area (Å²) < 4.78 is 4.33. The van der Waals surface area contributed by atoms with Crippen LogP contribution in [-0.2, 0) is 6.42 Å². The third-order valence-corrected chi connectivity index (χ3v) is 3.59. The van der Waals surface area contributed by atoms with Gasteiger partial charge in [0, 0.05) is 36.3 Å². The van der Waals surface area contributed by atoms with Crippen LogP contribution < -0.4 is 10.6 Å². The number of hydrogen-bond acceptors (Lipinski definition) is 5. The summed E-state index contributed by atoms with van der Waals surface area (Å²) in [6.07, 6.45) is 1.94. The molecule has 0 saturated heterocycles. The minimum Gasteiger partial charge on any atom is -0.384 e. The van der Waals surface area contributed by atoms with Crippen LogP contribution >= 0.6 is 11.5 Å². The van der Waals surface area contributed by atoms with Crippen LogP contribution in [-0.4, -0.2) is 22.2 Å². The number of aromatic nitrogens is 2. The van der Waals surface area contributed by atoms with Crippen molar-refractivity contribution < 1.29 is 0 Å². The number of nitrogens with zero attached hydrogens (tertiary/aromatic N) is 3. The predicted molar refractivity (Wildman–Crippen MR) is 79.4 cm³/mol. The smallest absolute Gasteiger partial charge is 0.209 e. The molecule has 19 heavy (non-hydrogen) atoms. The van der Waals surface area contributed by atoms with E-state index in [1.54, 1.807) is 0 Å². The Morgan fingerprint density at radius 3 is 2.95 bits per heavy atom. The molecule has 2 aromatic rings. The highest BCUT2D eigenvalue weighted by Gasteiger charge is 2.11. The summed E-state index contributed by atoms with van der Waals surface area (Å²) in [6, 6.07) is 7.55. The maximum Gasteiger partial charge on any atom is 0.209 e. The molecule has 0 fully saturated rings. The molecular formula is C13H17N5S. The number of anilines is 2. The number of nitrogens with two attached hydrogens (primary N) is 1. The second kappa shape index (κ2) is 5.79. The summed E-state index contributed by atoms with van der Waals surface area (Å²) in [4.78, 5) is 6.46. The molecule has 0 aliphatic rings. The average Bonchev–Trinajstić information content (AvgIpc) is 2.87. The van der Waals surface area contributed by atoms with Gasteiger partial charge in [0.2, 0.25) is 5.13 Å². The highest BCUT2D eigenvalue weighted by Crippen LogP contribution is 2.25. The third-order valence-electron chi connectivity index (χ3n) is 2.76. The Balaban J connectivity index is 2.24. The van der Waals surface area contributed by atoms with Gasteiger partial charge in [-0.2, -0.15) is 4.37 Å². The fraction of sp³-hybridized carbons (Fsp3) is 0.308. The van der Waals surface area contributed by atoms with Crippen LogP contribution in [0.5, 0.6) is 0 Å². The monoisotopic (exact) mass is 275 g/mol. The molecule has 0 bridgehead atoms. The van der Waals surface area contributed by atoms with Gasteiger partial charge in [-0.15, -0.1) is 0 Å². The van der Waals surface area contributed by atoms with Crippen LogP contribution in [0.2, 0.25) is 0 Å². The van der Waals surface area contributed by atoms with Crippen molar-refractivity contribution in [2.45, 2.75) is 19.8 Å². The van der Waals surface area contributed by atoms with Gasteiger partial charge in [-0.05, 0) is 18.6 Å². The Morgan fingerprint density at radius 1 is 1.47 bits per heavy atom. The van der Waals surface area contributed by atoms with Crippen molar-refractivity contribution in [3.8, 4) is 0 Å². The van der Waals surface area contributed by atoms with Crippen LogP contribution in [0.15, 0.2) is 24.3 Å². The quantitative estimate of drug-likeness (QED) is 0.649. The summed E-state index contributed by atoms with van der Waals surface area (Å²) in [5, 5.41) is 8.32. The van der Waals surface area contributed by atoms with Gasteiger partial charge in [0.1, 0.15) is 11.7 Å². The van der Waals surface area contributed by atoms with Gasteiger partial charge in [0.25, 0.3) is 0 Å². The Morgan fingerprint density at radius 2 is 2.26 bits per heavy atom.